The Labute approximate surface area is 83.4 Å². The van der Waals surface area contributed by atoms with E-state index in [4.69, 9.17) is 9.84 Å². The highest BCUT2D eigenvalue weighted by Gasteiger charge is 2.64. The van der Waals surface area contributed by atoms with Crippen molar-refractivity contribution in [3.05, 3.63) is 0 Å². The second kappa shape index (κ2) is 2.32. The molecular weight excluding hydrogens is 180 g/mol. The summed E-state index contributed by atoms with van der Waals surface area (Å²) in [6.07, 6.45) is 5.25. The molecule has 1 saturated heterocycles. The Morgan fingerprint density at radius 2 is 2.21 bits per heavy atom. The summed E-state index contributed by atoms with van der Waals surface area (Å²) < 4.78 is 5.91. The second-order valence-electron chi connectivity index (χ2n) is 5.34. The van der Waals surface area contributed by atoms with Gasteiger partial charge in [0.1, 0.15) is 0 Å². The first-order chi connectivity index (χ1) is 6.56. The number of aliphatic carboxylic acids is 1. The van der Waals surface area contributed by atoms with Gasteiger partial charge in [0.15, 0.2) is 5.60 Å². The largest absolute Gasteiger partial charge is 0.479 e. The van der Waals surface area contributed by atoms with Crippen LogP contribution in [0.2, 0.25) is 0 Å². The third-order valence-corrected chi connectivity index (χ3v) is 4.44. The topological polar surface area (TPSA) is 46.5 Å². The molecule has 3 heteroatoms. The zero-order valence-corrected chi connectivity index (χ0v) is 8.45. The van der Waals surface area contributed by atoms with Gasteiger partial charge >= 0.3 is 5.97 Å². The van der Waals surface area contributed by atoms with Crippen molar-refractivity contribution in [1.29, 1.82) is 0 Å². The molecular formula is C11H16O3. The Bertz CT molecular complexity index is 301. The van der Waals surface area contributed by atoms with Crippen molar-refractivity contribution >= 4 is 5.97 Å². The number of ether oxygens (including phenoxy) is 1. The van der Waals surface area contributed by atoms with E-state index in [-0.39, 0.29) is 5.60 Å². The Hall–Kier alpha value is -0.570. The van der Waals surface area contributed by atoms with Gasteiger partial charge in [-0.25, -0.2) is 4.79 Å². The number of carboxylic acid groups (broad SMARTS) is 1. The predicted molar refractivity (Wildman–Crippen MR) is 49.9 cm³/mol. The average molecular weight is 196 g/mol. The first-order valence-corrected chi connectivity index (χ1v) is 5.49. The highest BCUT2D eigenvalue weighted by Crippen LogP contribution is 2.64. The van der Waals surface area contributed by atoms with Crippen LogP contribution in [0.1, 0.15) is 39.0 Å². The molecule has 1 aliphatic heterocycles. The molecule has 3 fully saturated rings. The fourth-order valence-electron chi connectivity index (χ4n) is 3.41. The molecule has 3 rings (SSSR count). The van der Waals surface area contributed by atoms with Crippen molar-refractivity contribution in [2.75, 3.05) is 0 Å². The summed E-state index contributed by atoms with van der Waals surface area (Å²) in [6, 6.07) is 0. The van der Waals surface area contributed by atoms with Gasteiger partial charge in [0, 0.05) is 0 Å². The Balaban J connectivity index is 1.84. The average Bonchev–Trinajstić information content (AvgIpc) is 2.75. The summed E-state index contributed by atoms with van der Waals surface area (Å²) in [5.41, 5.74) is -0.949. The number of hydrogen-bond acceptors (Lipinski definition) is 2. The van der Waals surface area contributed by atoms with Gasteiger partial charge in [-0.15, -0.1) is 0 Å². The van der Waals surface area contributed by atoms with E-state index in [2.05, 4.69) is 0 Å². The fourth-order valence-corrected chi connectivity index (χ4v) is 3.41. The molecule has 2 saturated carbocycles. The Morgan fingerprint density at radius 1 is 1.43 bits per heavy atom. The molecule has 0 aromatic carbocycles. The maximum absolute atomic E-state index is 11.1. The van der Waals surface area contributed by atoms with Crippen LogP contribution >= 0.6 is 0 Å². The van der Waals surface area contributed by atoms with Gasteiger partial charge in [-0.1, -0.05) is 0 Å². The molecule has 3 aliphatic rings. The SMILES string of the molecule is CC1(C(=O)O)CCC2(CCC3CC32)O1. The van der Waals surface area contributed by atoms with Crippen LogP contribution in [0, 0.1) is 11.8 Å². The van der Waals surface area contributed by atoms with Gasteiger partial charge in [-0.2, -0.15) is 0 Å². The highest BCUT2D eigenvalue weighted by molar-refractivity contribution is 5.77. The zero-order valence-electron chi connectivity index (χ0n) is 8.45. The lowest BCUT2D eigenvalue weighted by atomic mass is 9.92. The summed E-state index contributed by atoms with van der Waals surface area (Å²) in [4.78, 5) is 11.1. The quantitative estimate of drug-likeness (QED) is 0.695. The maximum atomic E-state index is 11.1. The van der Waals surface area contributed by atoms with Crippen LogP contribution in [0.4, 0.5) is 0 Å². The Morgan fingerprint density at radius 3 is 2.64 bits per heavy atom. The molecule has 4 unspecified atom stereocenters. The minimum absolute atomic E-state index is 0.0438. The third-order valence-electron chi connectivity index (χ3n) is 4.44. The molecule has 1 N–H and O–H groups in total. The van der Waals surface area contributed by atoms with E-state index < -0.39 is 11.6 Å². The van der Waals surface area contributed by atoms with E-state index >= 15 is 0 Å². The number of hydrogen-bond donors (Lipinski definition) is 1. The third kappa shape index (κ3) is 0.937. The molecule has 4 atom stereocenters. The lowest BCUT2D eigenvalue weighted by Crippen LogP contribution is -2.39. The molecule has 78 valence electrons. The van der Waals surface area contributed by atoms with Crippen molar-refractivity contribution in [3.63, 3.8) is 0 Å². The van der Waals surface area contributed by atoms with Crippen LogP contribution in [0.5, 0.6) is 0 Å². The molecule has 14 heavy (non-hydrogen) atoms. The van der Waals surface area contributed by atoms with Crippen molar-refractivity contribution in [1.82, 2.24) is 0 Å². The van der Waals surface area contributed by atoms with E-state index in [1.54, 1.807) is 6.92 Å². The van der Waals surface area contributed by atoms with Gasteiger partial charge in [0.05, 0.1) is 5.60 Å². The van der Waals surface area contributed by atoms with Gasteiger partial charge < -0.3 is 9.84 Å². The molecule has 1 heterocycles. The molecule has 0 amide bonds. The number of fused-ring (bicyclic) bond motifs is 2. The van der Waals surface area contributed by atoms with Gasteiger partial charge in [-0.05, 0) is 50.9 Å². The Kier molecular flexibility index (Phi) is 1.45. The minimum atomic E-state index is -0.905. The predicted octanol–water partition coefficient (Wildman–Crippen LogP) is 1.81. The number of carbonyl (C=O) groups is 1. The van der Waals surface area contributed by atoms with E-state index in [1.807, 2.05) is 0 Å². The van der Waals surface area contributed by atoms with Crippen LogP contribution in [0.25, 0.3) is 0 Å². The zero-order chi connectivity index (χ0) is 9.97. The standard InChI is InChI=1S/C11H16O3/c1-10(9(12)13)4-5-11(14-10)3-2-7-6-8(7)11/h7-8H,2-6H2,1H3,(H,12,13). The van der Waals surface area contributed by atoms with Crippen molar-refractivity contribution < 1.29 is 14.6 Å². The lowest BCUT2D eigenvalue weighted by molar-refractivity contribution is -0.172. The molecule has 1 spiro atoms. The van der Waals surface area contributed by atoms with E-state index in [9.17, 15) is 4.79 Å². The normalized spacial score (nSPS) is 54.9. The molecule has 0 radical (unpaired) electrons. The molecule has 0 bridgehead atoms. The van der Waals surface area contributed by atoms with Crippen LogP contribution in [-0.2, 0) is 9.53 Å². The van der Waals surface area contributed by atoms with Gasteiger partial charge in [0.2, 0.25) is 0 Å². The van der Waals surface area contributed by atoms with Crippen LogP contribution < -0.4 is 0 Å². The second-order valence-corrected chi connectivity index (χ2v) is 5.34. The first-order valence-electron chi connectivity index (χ1n) is 5.49. The maximum Gasteiger partial charge on any atom is 0.335 e. The van der Waals surface area contributed by atoms with Gasteiger partial charge in [0.25, 0.3) is 0 Å². The number of carboxylic acids is 1. The smallest absolute Gasteiger partial charge is 0.335 e. The summed E-state index contributed by atoms with van der Waals surface area (Å²) in [5, 5.41) is 9.09. The summed E-state index contributed by atoms with van der Waals surface area (Å²) in [5.74, 6) is 0.744. The number of rotatable bonds is 1. The fraction of sp³-hybridized carbons (Fsp3) is 0.909. The van der Waals surface area contributed by atoms with Gasteiger partial charge in [-0.3, -0.25) is 0 Å². The van der Waals surface area contributed by atoms with E-state index in [0.29, 0.717) is 12.3 Å². The summed E-state index contributed by atoms with van der Waals surface area (Å²) in [7, 11) is 0. The molecule has 0 aromatic rings. The van der Waals surface area contributed by atoms with Crippen LogP contribution in [0.3, 0.4) is 0 Å². The summed E-state index contributed by atoms with van der Waals surface area (Å²) in [6.45, 7) is 1.72. The first kappa shape index (κ1) is 8.72. The highest BCUT2D eigenvalue weighted by atomic mass is 16.6. The minimum Gasteiger partial charge on any atom is -0.479 e. The molecule has 3 nitrogen and oxygen atoms in total. The summed E-state index contributed by atoms with van der Waals surface area (Å²) >= 11 is 0. The van der Waals surface area contributed by atoms with Crippen molar-refractivity contribution in [2.24, 2.45) is 11.8 Å². The van der Waals surface area contributed by atoms with Crippen LogP contribution in [-0.4, -0.2) is 22.3 Å². The molecule has 0 aromatic heterocycles. The van der Waals surface area contributed by atoms with Crippen molar-refractivity contribution in [3.8, 4) is 0 Å². The van der Waals surface area contributed by atoms with Crippen molar-refractivity contribution in [2.45, 2.75) is 50.2 Å². The van der Waals surface area contributed by atoms with E-state index in [1.165, 1.54) is 12.8 Å². The van der Waals surface area contributed by atoms with E-state index in [0.717, 1.165) is 18.8 Å². The lowest BCUT2D eigenvalue weighted by Gasteiger charge is -2.29. The monoisotopic (exact) mass is 196 g/mol. The van der Waals surface area contributed by atoms with Crippen LogP contribution in [0.15, 0.2) is 0 Å². The molecule has 2 aliphatic carbocycles.